The first kappa shape index (κ1) is 45.6. The smallest absolute Gasteiger partial charge is 0.222 e. The first-order chi connectivity index (χ1) is 29.5. The number of nitrogens with one attached hydrogen (secondary N) is 2. The molecule has 0 aliphatic carbocycles. The minimum Gasteiger partial charge on any atom is -0.383 e. The van der Waals surface area contributed by atoms with Gasteiger partial charge in [0.15, 0.2) is 11.6 Å². The third kappa shape index (κ3) is 15.9. The van der Waals surface area contributed by atoms with Crippen molar-refractivity contribution in [2.24, 2.45) is 5.11 Å². The van der Waals surface area contributed by atoms with E-state index in [1.54, 1.807) is 4.68 Å². The minimum absolute atomic E-state index is 0.0994. The van der Waals surface area contributed by atoms with Crippen molar-refractivity contribution in [2.75, 3.05) is 124 Å². The fourth-order valence-electron chi connectivity index (χ4n) is 5.70. The molecule has 3 aromatic heterocycles. The molecule has 0 unspecified atom stereocenters. The molecule has 0 saturated carbocycles. The quantitative estimate of drug-likeness (QED) is 0.0210. The number of hydrogen-bond donors (Lipinski definition) is 4. The topological polar surface area (TPSA) is 276 Å². The molecule has 0 saturated heterocycles. The summed E-state index contributed by atoms with van der Waals surface area (Å²) in [4.78, 5) is 31.1. The molecule has 0 fully saturated rings. The van der Waals surface area contributed by atoms with E-state index in [2.05, 4.69) is 35.3 Å². The van der Waals surface area contributed by atoms with Crippen LogP contribution in [0.2, 0.25) is 0 Å². The second-order valence-electron chi connectivity index (χ2n) is 13.0. The second kappa shape index (κ2) is 26.6. The number of aromatic amines is 1. The van der Waals surface area contributed by atoms with E-state index in [9.17, 15) is 4.79 Å². The number of anilines is 2. The Kier molecular flexibility index (Phi) is 20.2. The summed E-state index contributed by atoms with van der Waals surface area (Å²) >= 11 is 0. The zero-order chi connectivity index (χ0) is 42.0. The standard InChI is InChI=1S/C39H54N12O9/c40-37-35-36(31-5-6-32-33(25-31)48-39(41)47-32)49-51(38(35)45-28-44-37)27-30-3-1-29(2-4-30)26-43-34(52)7-9-53-11-13-55-15-17-57-19-21-59-23-24-60-22-20-58-18-16-56-14-12-54-10-8-46-50-42/h1-6,25,28H,7-24,26-27H2,(H,43,52)(H2,40,44,45)(H3,41,47,48). The number of nitrogens with zero attached hydrogens (tertiary/aromatic N) is 8. The van der Waals surface area contributed by atoms with Crippen molar-refractivity contribution in [1.29, 1.82) is 0 Å². The number of H-pyrrole nitrogens is 1. The maximum Gasteiger partial charge on any atom is 0.222 e. The van der Waals surface area contributed by atoms with Gasteiger partial charge in [0.25, 0.3) is 0 Å². The highest BCUT2D eigenvalue weighted by Gasteiger charge is 2.18. The van der Waals surface area contributed by atoms with Gasteiger partial charge in [-0.3, -0.25) is 4.79 Å². The van der Waals surface area contributed by atoms with Crippen LogP contribution in [0, 0.1) is 0 Å². The van der Waals surface area contributed by atoms with Gasteiger partial charge in [-0.25, -0.2) is 19.6 Å². The lowest BCUT2D eigenvalue weighted by molar-refractivity contribution is -0.122. The van der Waals surface area contributed by atoms with Gasteiger partial charge < -0.3 is 59.7 Å². The second-order valence-corrected chi connectivity index (χ2v) is 13.0. The molecule has 0 radical (unpaired) electrons. The van der Waals surface area contributed by atoms with Crippen molar-refractivity contribution in [1.82, 2.24) is 35.0 Å². The maximum absolute atomic E-state index is 12.4. The Balaban J connectivity index is 0.826. The van der Waals surface area contributed by atoms with Gasteiger partial charge in [-0.15, -0.1) is 0 Å². The van der Waals surface area contributed by atoms with E-state index in [0.717, 1.165) is 27.7 Å². The Morgan fingerprint density at radius 3 is 1.87 bits per heavy atom. The van der Waals surface area contributed by atoms with Crippen LogP contribution in [0.4, 0.5) is 11.8 Å². The Labute approximate surface area is 346 Å². The summed E-state index contributed by atoms with van der Waals surface area (Å²) in [6.07, 6.45) is 1.68. The molecular formula is C39H54N12O9. The van der Waals surface area contributed by atoms with Gasteiger partial charge in [0.1, 0.15) is 17.8 Å². The summed E-state index contributed by atoms with van der Waals surface area (Å²) in [6.45, 7) is 8.17. The number of aromatic nitrogens is 6. The molecule has 324 valence electrons. The number of imidazole rings is 1. The molecule has 21 nitrogen and oxygen atoms in total. The zero-order valence-corrected chi connectivity index (χ0v) is 33.7. The van der Waals surface area contributed by atoms with E-state index in [-0.39, 0.29) is 12.3 Å². The van der Waals surface area contributed by atoms with Crippen molar-refractivity contribution >= 4 is 39.7 Å². The van der Waals surface area contributed by atoms with E-state index in [1.165, 1.54) is 6.33 Å². The van der Waals surface area contributed by atoms with E-state index < -0.39 is 0 Å². The van der Waals surface area contributed by atoms with Crippen LogP contribution in [0.3, 0.4) is 0 Å². The predicted octanol–water partition coefficient (Wildman–Crippen LogP) is 3.03. The van der Waals surface area contributed by atoms with Gasteiger partial charge in [-0.05, 0) is 28.8 Å². The van der Waals surface area contributed by atoms with Crippen LogP contribution in [-0.4, -0.2) is 148 Å². The number of carbonyl (C=O) groups excluding carboxylic acids is 1. The number of azide groups is 1. The molecular weight excluding hydrogens is 781 g/mol. The fourth-order valence-corrected chi connectivity index (χ4v) is 5.70. The van der Waals surface area contributed by atoms with E-state index in [4.69, 9.17) is 60.0 Å². The van der Waals surface area contributed by atoms with Gasteiger partial charge in [-0.1, -0.05) is 35.4 Å². The van der Waals surface area contributed by atoms with E-state index in [1.807, 2.05) is 42.5 Å². The van der Waals surface area contributed by atoms with Crippen molar-refractivity contribution in [3.8, 4) is 11.3 Å². The number of carbonyl (C=O) groups is 1. The van der Waals surface area contributed by atoms with Gasteiger partial charge in [0.05, 0.1) is 129 Å². The van der Waals surface area contributed by atoms with E-state index in [0.29, 0.717) is 154 Å². The lowest BCUT2D eigenvalue weighted by Gasteiger charge is -2.09. The third-order valence-corrected chi connectivity index (χ3v) is 8.65. The third-order valence-electron chi connectivity index (χ3n) is 8.65. The molecule has 6 N–H and O–H groups in total. The number of hydrogen-bond acceptors (Lipinski definition) is 16. The van der Waals surface area contributed by atoms with Gasteiger partial charge in [0, 0.05) is 30.0 Å². The largest absolute Gasteiger partial charge is 0.383 e. The minimum atomic E-state index is -0.0994. The number of amides is 1. The molecule has 0 atom stereocenters. The number of benzene rings is 2. The summed E-state index contributed by atoms with van der Waals surface area (Å²) in [5.74, 6) is 0.581. The molecule has 0 spiro atoms. The highest BCUT2D eigenvalue weighted by Crippen LogP contribution is 2.32. The van der Waals surface area contributed by atoms with Crippen molar-refractivity contribution in [3.63, 3.8) is 0 Å². The van der Waals surface area contributed by atoms with Crippen LogP contribution < -0.4 is 16.8 Å². The van der Waals surface area contributed by atoms with Gasteiger partial charge in [0.2, 0.25) is 5.91 Å². The van der Waals surface area contributed by atoms with Crippen LogP contribution in [0.15, 0.2) is 53.9 Å². The van der Waals surface area contributed by atoms with Crippen molar-refractivity contribution in [2.45, 2.75) is 19.5 Å². The van der Waals surface area contributed by atoms with Crippen LogP contribution in [0.25, 0.3) is 43.8 Å². The monoisotopic (exact) mass is 834 g/mol. The fraction of sp³-hybridized carbons (Fsp3) is 0.513. The average Bonchev–Trinajstić information content (AvgIpc) is 3.82. The van der Waals surface area contributed by atoms with Crippen LogP contribution in [-0.2, 0) is 55.8 Å². The van der Waals surface area contributed by atoms with Crippen LogP contribution >= 0.6 is 0 Å². The zero-order valence-electron chi connectivity index (χ0n) is 33.7. The number of ether oxygens (including phenoxy) is 8. The lowest BCUT2D eigenvalue weighted by atomic mass is 10.1. The number of nitrogen functional groups attached to an aromatic ring is 2. The molecule has 0 bridgehead atoms. The summed E-state index contributed by atoms with van der Waals surface area (Å²) in [5, 5.41) is 11.9. The van der Waals surface area contributed by atoms with Gasteiger partial charge in [-0.2, -0.15) is 5.10 Å². The van der Waals surface area contributed by atoms with Crippen molar-refractivity contribution < 1.29 is 42.7 Å². The molecule has 1 amide bonds. The highest BCUT2D eigenvalue weighted by atomic mass is 16.6. The first-order valence-corrected chi connectivity index (χ1v) is 19.7. The Bertz CT molecular complexity index is 2060. The maximum atomic E-state index is 12.4. The SMILES string of the molecule is [N-]=[N+]=NCCOCCOCCOCCOCCOCCOCCOCCOCCC(=O)NCc1ccc(Cn2nc(-c3ccc4[nH]c(N)nc4c3)c3c(N)ncnc32)cc1. The van der Waals surface area contributed by atoms with Crippen molar-refractivity contribution in [3.05, 3.63) is 70.4 Å². The number of nitrogens with two attached hydrogens (primary N) is 2. The highest BCUT2D eigenvalue weighted by molar-refractivity contribution is 5.99. The summed E-state index contributed by atoms with van der Waals surface area (Å²) in [5.41, 5.74) is 25.9. The molecule has 5 rings (SSSR count). The summed E-state index contributed by atoms with van der Waals surface area (Å²) < 4.78 is 45.4. The average molecular weight is 835 g/mol. The molecule has 2 aromatic carbocycles. The van der Waals surface area contributed by atoms with Crippen LogP contribution in [0.1, 0.15) is 17.5 Å². The first-order valence-electron chi connectivity index (χ1n) is 19.7. The molecule has 60 heavy (non-hydrogen) atoms. The lowest BCUT2D eigenvalue weighted by Crippen LogP contribution is -2.24. The predicted molar refractivity (Wildman–Crippen MR) is 222 cm³/mol. The molecule has 0 aliphatic rings. The normalized spacial score (nSPS) is 11.4. The Morgan fingerprint density at radius 2 is 1.28 bits per heavy atom. The molecule has 5 aromatic rings. The number of rotatable bonds is 32. The van der Waals surface area contributed by atoms with Crippen LogP contribution in [0.5, 0.6) is 0 Å². The Morgan fingerprint density at radius 1 is 0.733 bits per heavy atom. The molecule has 3 heterocycles. The Hall–Kier alpha value is -5.48. The summed E-state index contributed by atoms with van der Waals surface area (Å²) in [7, 11) is 0. The molecule has 0 aliphatic heterocycles. The molecule has 21 heteroatoms. The summed E-state index contributed by atoms with van der Waals surface area (Å²) in [6, 6.07) is 13.7. The van der Waals surface area contributed by atoms with E-state index >= 15 is 0 Å². The van der Waals surface area contributed by atoms with Gasteiger partial charge >= 0.3 is 0 Å². The number of fused-ring (bicyclic) bond motifs is 2.